The molecule has 1 aliphatic heterocycles. The van der Waals surface area contributed by atoms with Crippen LogP contribution in [0.2, 0.25) is 5.02 Å². The van der Waals surface area contributed by atoms with Crippen LogP contribution < -0.4 is 4.72 Å². The van der Waals surface area contributed by atoms with Crippen LogP contribution in [0.15, 0.2) is 17.0 Å². The summed E-state index contributed by atoms with van der Waals surface area (Å²) in [5.74, 6) is -0.757. The third-order valence-electron chi connectivity index (χ3n) is 3.37. The number of ether oxygens (including phenoxy) is 1. The molecule has 1 saturated heterocycles. The molecule has 21 heavy (non-hydrogen) atoms. The molecule has 0 aliphatic carbocycles. The van der Waals surface area contributed by atoms with E-state index in [1.807, 2.05) is 0 Å². The number of aliphatic hydroxyl groups is 1. The average Bonchev–Trinajstić information content (AvgIpc) is 2.49. The Morgan fingerprint density at radius 1 is 1.48 bits per heavy atom. The van der Waals surface area contributed by atoms with Gasteiger partial charge < -0.3 is 9.84 Å². The van der Waals surface area contributed by atoms with Crippen molar-refractivity contribution in [2.75, 3.05) is 19.8 Å². The lowest BCUT2D eigenvalue weighted by atomic mass is 10.0. The van der Waals surface area contributed by atoms with Crippen LogP contribution in [0.5, 0.6) is 0 Å². The predicted octanol–water partition coefficient (Wildman–Crippen LogP) is 1.68. The van der Waals surface area contributed by atoms with Crippen molar-refractivity contribution in [1.29, 1.82) is 0 Å². The first-order chi connectivity index (χ1) is 9.94. The molecule has 8 heteroatoms. The van der Waals surface area contributed by atoms with Crippen molar-refractivity contribution in [1.82, 2.24) is 4.72 Å². The molecule has 2 rings (SSSR count). The quantitative estimate of drug-likeness (QED) is 0.857. The van der Waals surface area contributed by atoms with Gasteiger partial charge in [0.15, 0.2) is 0 Å². The number of sulfonamides is 1. The third-order valence-corrected chi connectivity index (χ3v) is 5.20. The second-order valence-electron chi connectivity index (χ2n) is 4.97. The Labute approximate surface area is 128 Å². The molecule has 2 N–H and O–H groups in total. The summed E-state index contributed by atoms with van der Waals surface area (Å²) in [4.78, 5) is -0.245. The Kier molecular flexibility index (Phi) is 5.56. The highest BCUT2D eigenvalue weighted by atomic mass is 35.5. The maximum absolute atomic E-state index is 13.6. The van der Waals surface area contributed by atoms with Gasteiger partial charge in [0, 0.05) is 18.7 Å². The van der Waals surface area contributed by atoms with Gasteiger partial charge in [-0.15, -0.1) is 0 Å². The fourth-order valence-electron chi connectivity index (χ4n) is 2.17. The zero-order valence-electron chi connectivity index (χ0n) is 11.3. The molecule has 1 heterocycles. The van der Waals surface area contributed by atoms with Crippen LogP contribution >= 0.6 is 11.6 Å². The van der Waals surface area contributed by atoms with E-state index in [1.54, 1.807) is 0 Å². The van der Waals surface area contributed by atoms with E-state index in [4.69, 9.17) is 21.4 Å². The summed E-state index contributed by atoms with van der Waals surface area (Å²) in [6.07, 6.45) is 1.79. The Morgan fingerprint density at radius 3 is 2.86 bits per heavy atom. The van der Waals surface area contributed by atoms with Gasteiger partial charge >= 0.3 is 0 Å². The van der Waals surface area contributed by atoms with E-state index in [1.165, 1.54) is 6.07 Å². The van der Waals surface area contributed by atoms with Crippen LogP contribution in [0.3, 0.4) is 0 Å². The second kappa shape index (κ2) is 7.02. The summed E-state index contributed by atoms with van der Waals surface area (Å²) in [6, 6.07) is 2.02. The summed E-state index contributed by atoms with van der Waals surface area (Å²) in [7, 11) is -3.85. The Balaban J connectivity index is 2.13. The van der Waals surface area contributed by atoms with Crippen molar-refractivity contribution < 1.29 is 22.7 Å². The van der Waals surface area contributed by atoms with Gasteiger partial charge in [0.25, 0.3) is 0 Å². The minimum Gasteiger partial charge on any atom is -0.392 e. The van der Waals surface area contributed by atoms with Crippen molar-refractivity contribution in [3.8, 4) is 0 Å². The Bertz CT molecular complexity index is 602. The van der Waals surface area contributed by atoms with Gasteiger partial charge in [-0.05, 0) is 30.9 Å². The van der Waals surface area contributed by atoms with Gasteiger partial charge in [-0.25, -0.2) is 17.5 Å². The molecule has 1 fully saturated rings. The van der Waals surface area contributed by atoms with Crippen LogP contribution in [0.1, 0.15) is 18.4 Å². The molecule has 0 amide bonds. The molecule has 1 aromatic carbocycles. The maximum atomic E-state index is 13.6. The molecule has 5 nitrogen and oxygen atoms in total. The molecule has 1 aliphatic rings. The number of hydrogen-bond donors (Lipinski definition) is 2. The second-order valence-corrected chi connectivity index (χ2v) is 7.12. The summed E-state index contributed by atoms with van der Waals surface area (Å²) in [6.45, 7) is 0.918. The lowest BCUT2D eigenvalue weighted by Gasteiger charge is -2.22. The van der Waals surface area contributed by atoms with E-state index in [0.29, 0.717) is 13.2 Å². The first kappa shape index (κ1) is 16.6. The summed E-state index contributed by atoms with van der Waals surface area (Å²) >= 11 is 5.65. The highest BCUT2D eigenvalue weighted by Gasteiger charge is 2.21. The highest BCUT2D eigenvalue weighted by Crippen LogP contribution is 2.24. The molecular formula is C13H17ClFNO4S. The molecule has 1 aromatic rings. The molecule has 0 spiro atoms. The SMILES string of the molecule is O=S(=O)(NCC1CCCOC1)c1cc(F)c(Cl)c(CO)c1. The van der Waals surface area contributed by atoms with Gasteiger partial charge in [0.2, 0.25) is 10.0 Å². The lowest BCUT2D eigenvalue weighted by Crippen LogP contribution is -2.33. The Morgan fingerprint density at radius 2 is 2.24 bits per heavy atom. The van der Waals surface area contributed by atoms with Crippen molar-refractivity contribution >= 4 is 21.6 Å². The van der Waals surface area contributed by atoms with Crippen LogP contribution in [-0.4, -0.2) is 33.3 Å². The summed E-state index contributed by atoms with van der Waals surface area (Å²) < 4.78 is 45.6. The largest absolute Gasteiger partial charge is 0.392 e. The molecule has 0 radical (unpaired) electrons. The van der Waals surface area contributed by atoms with Gasteiger partial charge in [-0.3, -0.25) is 0 Å². The number of halogens is 2. The number of nitrogens with one attached hydrogen (secondary N) is 1. The smallest absolute Gasteiger partial charge is 0.240 e. The van der Waals surface area contributed by atoms with E-state index in [9.17, 15) is 12.8 Å². The monoisotopic (exact) mass is 337 g/mol. The van der Waals surface area contributed by atoms with Crippen molar-refractivity contribution in [3.63, 3.8) is 0 Å². The standard InChI is InChI=1S/C13H17ClFNO4S/c14-13-10(7-17)4-11(5-12(13)15)21(18,19)16-6-9-2-1-3-20-8-9/h4-5,9,16-17H,1-3,6-8H2. The van der Waals surface area contributed by atoms with Crippen LogP contribution in [-0.2, 0) is 21.4 Å². The number of rotatable bonds is 5. The molecule has 0 saturated carbocycles. The molecule has 118 valence electrons. The fourth-order valence-corrected chi connectivity index (χ4v) is 3.51. The number of hydrogen-bond acceptors (Lipinski definition) is 4. The normalized spacial score (nSPS) is 19.7. The molecule has 0 aromatic heterocycles. The predicted molar refractivity (Wildman–Crippen MR) is 76.1 cm³/mol. The summed E-state index contributed by atoms with van der Waals surface area (Å²) in [5, 5.41) is 8.82. The van der Waals surface area contributed by atoms with E-state index in [0.717, 1.165) is 18.9 Å². The fraction of sp³-hybridized carbons (Fsp3) is 0.538. The third kappa shape index (κ3) is 4.14. The van der Waals surface area contributed by atoms with Crippen LogP contribution in [0.4, 0.5) is 4.39 Å². The summed E-state index contributed by atoms with van der Waals surface area (Å²) in [5.41, 5.74) is 0.0399. The molecule has 0 bridgehead atoms. The number of aliphatic hydroxyl groups excluding tert-OH is 1. The van der Waals surface area contributed by atoms with Gasteiger partial charge in [-0.1, -0.05) is 11.6 Å². The van der Waals surface area contributed by atoms with Gasteiger partial charge in [0.05, 0.1) is 23.1 Å². The van der Waals surface area contributed by atoms with Gasteiger partial charge in [-0.2, -0.15) is 0 Å². The highest BCUT2D eigenvalue weighted by molar-refractivity contribution is 7.89. The minimum absolute atomic E-state index is 0.0399. The van der Waals surface area contributed by atoms with E-state index >= 15 is 0 Å². The van der Waals surface area contributed by atoms with Crippen molar-refractivity contribution in [3.05, 3.63) is 28.5 Å². The lowest BCUT2D eigenvalue weighted by molar-refractivity contribution is 0.0568. The molecule has 1 unspecified atom stereocenters. The van der Waals surface area contributed by atoms with Crippen molar-refractivity contribution in [2.45, 2.75) is 24.3 Å². The zero-order chi connectivity index (χ0) is 15.5. The molecule has 1 atom stereocenters. The average molecular weight is 338 g/mol. The zero-order valence-corrected chi connectivity index (χ0v) is 12.9. The van der Waals surface area contributed by atoms with E-state index < -0.39 is 22.4 Å². The van der Waals surface area contributed by atoms with E-state index in [-0.39, 0.29) is 27.9 Å². The maximum Gasteiger partial charge on any atom is 0.240 e. The first-order valence-corrected chi connectivity index (χ1v) is 8.46. The van der Waals surface area contributed by atoms with Crippen molar-refractivity contribution in [2.24, 2.45) is 5.92 Å². The minimum atomic E-state index is -3.85. The topological polar surface area (TPSA) is 75.6 Å². The Hall–Kier alpha value is -0.730. The van der Waals surface area contributed by atoms with E-state index in [2.05, 4.69) is 4.72 Å². The van der Waals surface area contributed by atoms with Crippen LogP contribution in [0, 0.1) is 11.7 Å². The van der Waals surface area contributed by atoms with Crippen LogP contribution in [0.25, 0.3) is 0 Å². The molecular weight excluding hydrogens is 321 g/mol. The number of benzene rings is 1. The first-order valence-electron chi connectivity index (χ1n) is 6.60. The van der Waals surface area contributed by atoms with Gasteiger partial charge in [0.1, 0.15) is 5.82 Å².